The molecule has 0 amide bonds. The van der Waals surface area contributed by atoms with Crippen molar-refractivity contribution in [1.82, 2.24) is 0 Å². The molecule has 5 heteroatoms. The second-order valence-electron chi connectivity index (χ2n) is 2.98. The molecule has 0 spiro atoms. The summed E-state index contributed by atoms with van der Waals surface area (Å²) < 4.78 is 31.0. The van der Waals surface area contributed by atoms with Crippen LogP contribution >= 0.6 is 11.3 Å². The third-order valence-corrected chi connectivity index (χ3v) is 3.78. The van der Waals surface area contributed by atoms with Gasteiger partial charge in [0.25, 0.3) is 10.1 Å². The van der Waals surface area contributed by atoms with Crippen LogP contribution in [0.5, 0.6) is 0 Å². The number of hydrogen-bond acceptors (Lipinski definition) is 3. The molecule has 0 saturated heterocycles. The molecule has 74 valence electrons. The van der Waals surface area contributed by atoms with Gasteiger partial charge in [-0.25, -0.2) is 0 Å². The smallest absolute Gasteiger partial charge is 0.269 e. The van der Waals surface area contributed by atoms with E-state index < -0.39 is 10.1 Å². The number of rotatable bonds is 2. The number of hydrogen-bond donors (Lipinski definition) is 1. The van der Waals surface area contributed by atoms with Crippen molar-refractivity contribution < 1.29 is 13.0 Å². The van der Waals surface area contributed by atoms with Gasteiger partial charge in [0.05, 0.1) is 0 Å². The van der Waals surface area contributed by atoms with E-state index in [1.807, 2.05) is 24.3 Å². The van der Waals surface area contributed by atoms with Gasteiger partial charge in [-0.3, -0.25) is 4.55 Å². The molecule has 2 aromatic rings. The van der Waals surface area contributed by atoms with E-state index in [1.54, 1.807) is 6.07 Å². The maximum absolute atomic E-state index is 10.6. The summed E-state index contributed by atoms with van der Waals surface area (Å²) in [6.07, 6.45) is 0. The van der Waals surface area contributed by atoms with Gasteiger partial charge in [0.15, 0.2) is 0 Å². The highest BCUT2D eigenvalue weighted by atomic mass is 32.2. The molecule has 14 heavy (non-hydrogen) atoms. The molecule has 0 unspecified atom stereocenters. The molecule has 3 nitrogen and oxygen atoms in total. The molecule has 0 atom stereocenters. The van der Waals surface area contributed by atoms with Gasteiger partial charge < -0.3 is 0 Å². The van der Waals surface area contributed by atoms with Crippen molar-refractivity contribution in [2.45, 2.75) is 5.75 Å². The van der Waals surface area contributed by atoms with Crippen LogP contribution in [0.1, 0.15) is 4.88 Å². The molecule has 0 aliphatic heterocycles. The Labute approximate surface area is 85.7 Å². The molecule has 1 heterocycles. The predicted molar refractivity (Wildman–Crippen MR) is 57.1 cm³/mol. The van der Waals surface area contributed by atoms with E-state index >= 15 is 0 Å². The molecular formula is C9H8O3S2. The molecule has 1 aromatic carbocycles. The van der Waals surface area contributed by atoms with Gasteiger partial charge in [0.1, 0.15) is 5.75 Å². The first-order valence-corrected chi connectivity index (χ1v) is 6.40. The molecule has 0 bridgehead atoms. The Hall–Kier alpha value is -0.910. The SMILES string of the molecule is O=S(=O)(O)Cc1cc2ccccc2s1. The van der Waals surface area contributed by atoms with Gasteiger partial charge in [0.2, 0.25) is 0 Å². The molecule has 0 aliphatic carbocycles. The van der Waals surface area contributed by atoms with E-state index in [-0.39, 0.29) is 5.75 Å². The van der Waals surface area contributed by atoms with Gasteiger partial charge in [-0.05, 0) is 17.5 Å². The third-order valence-electron chi connectivity index (χ3n) is 1.80. The summed E-state index contributed by atoms with van der Waals surface area (Å²) in [7, 11) is -3.91. The summed E-state index contributed by atoms with van der Waals surface area (Å²) in [6, 6.07) is 9.42. The van der Waals surface area contributed by atoms with E-state index in [2.05, 4.69) is 0 Å². The monoisotopic (exact) mass is 228 g/mol. The zero-order valence-corrected chi connectivity index (χ0v) is 8.81. The minimum atomic E-state index is -3.91. The molecule has 0 fully saturated rings. The van der Waals surface area contributed by atoms with Crippen LogP contribution < -0.4 is 0 Å². The second kappa shape index (κ2) is 3.34. The van der Waals surface area contributed by atoms with Crippen LogP contribution in [0.2, 0.25) is 0 Å². The highest BCUT2D eigenvalue weighted by Gasteiger charge is 2.09. The summed E-state index contributed by atoms with van der Waals surface area (Å²) in [6.45, 7) is 0. The van der Waals surface area contributed by atoms with Crippen LogP contribution in [0.15, 0.2) is 30.3 Å². The van der Waals surface area contributed by atoms with Gasteiger partial charge in [-0.2, -0.15) is 8.42 Å². The first-order chi connectivity index (χ1) is 6.54. The van der Waals surface area contributed by atoms with Crippen LogP contribution in [-0.2, 0) is 15.9 Å². The number of benzene rings is 1. The minimum Gasteiger partial charge on any atom is -0.285 e. The largest absolute Gasteiger partial charge is 0.285 e. The Morgan fingerprint density at radius 1 is 1.29 bits per heavy atom. The fraction of sp³-hybridized carbons (Fsp3) is 0.111. The van der Waals surface area contributed by atoms with E-state index in [0.717, 1.165) is 10.1 Å². The van der Waals surface area contributed by atoms with Crippen molar-refractivity contribution in [2.75, 3.05) is 0 Å². The van der Waals surface area contributed by atoms with Crippen molar-refractivity contribution in [1.29, 1.82) is 0 Å². The van der Waals surface area contributed by atoms with Gasteiger partial charge in [0, 0.05) is 9.58 Å². The maximum Gasteiger partial charge on any atom is 0.269 e. The molecule has 0 saturated carbocycles. The fourth-order valence-corrected chi connectivity index (χ4v) is 3.27. The zero-order valence-electron chi connectivity index (χ0n) is 7.17. The highest BCUT2D eigenvalue weighted by molar-refractivity contribution is 7.85. The predicted octanol–water partition coefficient (Wildman–Crippen LogP) is 2.29. The average Bonchev–Trinajstić information content (AvgIpc) is 2.42. The number of fused-ring (bicyclic) bond motifs is 1. The summed E-state index contributed by atoms with van der Waals surface area (Å²) >= 11 is 1.38. The second-order valence-corrected chi connectivity index (χ2v) is 5.60. The molecule has 1 N–H and O–H groups in total. The molecule has 1 aromatic heterocycles. The standard InChI is InChI=1S/C9H8O3S2/c10-14(11,12)6-8-5-7-3-1-2-4-9(7)13-8/h1-5H,6H2,(H,10,11,12). The molecule has 0 aliphatic rings. The average molecular weight is 228 g/mol. The van der Waals surface area contributed by atoms with Crippen LogP contribution in [0, 0.1) is 0 Å². The van der Waals surface area contributed by atoms with Crippen molar-refractivity contribution in [3.05, 3.63) is 35.2 Å². The van der Waals surface area contributed by atoms with Crippen LogP contribution in [0.25, 0.3) is 10.1 Å². The Morgan fingerprint density at radius 2 is 2.00 bits per heavy atom. The van der Waals surface area contributed by atoms with Gasteiger partial charge >= 0.3 is 0 Å². The molecule has 2 rings (SSSR count). The fourth-order valence-electron chi connectivity index (χ4n) is 1.29. The summed E-state index contributed by atoms with van der Waals surface area (Å²) in [5.41, 5.74) is 0. The zero-order chi connectivity index (χ0) is 10.2. The van der Waals surface area contributed by atoms with E-state index in [4.69, 9.17) is 4.55 Å². The highest BCUT2D eigenvalue weighted by Crippen LogP contribution is 2.26. The Bertz CT molecular complexity index is 521. The third kappa shape index (κ3) is 2.12. The lowest BCUT2D eigenvalue weighted by molar-refractivity contribution is 0.482. The van der Waals surface area contributed by atoms with Crippen LogP contribution in [0.3, 0.4) is 0 Å². The topological polar surface area (TPSA) is 54.4 Å². The lowest BCUT2D eigenvalue weighted by atomic mass is 10.2. The normalized spacial score (nSPS) is 12.1. The van der Waals surface area contributed by atoms with Crippen molar-refractivity contribution in [3.8, 4) is 0 Å². The Balaban J connectivity index is 2.46. The van der Waals surface area contributed by atoms with Crippen molar-refractivity contribution in [2.24, 2.45) is 0 Å². The summed E-state index contributed by atoms with van der Waals surface area (Å²) in [5.74, 6) is -0.299. The van der Waals surface area contributed by atoms with Crippen LogP contribution in [-0.4, -0.2) is 13.0 Å². The van der Waals surface area contributed by atoms with Crippen LogP contribution in [0.4, 0.5) is 0 Å². The quantitative estimate of drug-likeness (QED) is 0.802. The lowest BCUT2D eigenvalue weighted by Gasteiger charge is -1.90. The van der Waals surface area contributed by atoms with Crippen molar-refractivity contribution >= 4 is 31.5 Å². The first kappa shape index (κ1) is 9.64. The minimum absolute atomic E-state index is 0.299. The van der Waals surface area contributed by atoms with E-state index in [9.17, 15) is 8.42 Å². The Morgan fingerprint density at radius 3 is 2.64 bits per heavy atom. The Kier molecular flexibility index (Phi) is 2.30. The maximum atomic E-state index is 10.6. The van der Waals surface area contributed by atoms with E-state index in [1.165, 1.54) is 11.3 Å². The van der Waals surface area contributed by atoms with Gasteiger partial charge in [-0.1, -0.05) is 18.2 Å². The molecule has 0 radical (unpaired) electrons. The van der Waals surface area contributed by atoms with E-state index in [0.29, 0.717) is 4.88 Å². The molecular weight excluding hydrogens is 220 g/mol. The number of thiophene rings is 1. The van der Waals surface area contributed by atoms with Crippen molar-refractivity contribution in [3.63, 3.8) is 0 Å². The summed E-state index contributed by atoms with van der Waals surface area (Å²) in [5, 5.41) is 1.01. The summed E-state index contributed by atoms with van der Waals surface area (Å²) in [4.78, 5) is 0.661. The lowest BCUT2D eigenvalue weighted by Crippen LogP contribution is -1.99. The van der Waals surface area contributed by atoms with Gasteiger partial charge in [-0.15, -0.1) is 11.3 Å². The first-order valence-electron chi connectivity index (χ1n) is 3.97.